The molecule has 0 saturated carbocycles. The fourth-order valence-electron chi connectivity index (χ4n) is 3.44. The zero-order valence-corrected chi connectivity index (χ0v) is 14.7. The van der Waals surface area contributed by atoms with E-state index in [-0.39, 0.29) is 11.9 Å². The summed E-state index contributed by atoms with van der Waals surface area (Å²) in [6, 6.07) is 5.76. The number of carbonyl (C=O) groups is 1. The molecule has 1 fully saturated rings. The van der Waals surface area contributed by atoms with Gasteiger partial charge in [0, 0.05) is 25.4 Å². The van der Waals surface area contributed by atoms with Gasteiger partial charge in [-0.3, -0.25) is 4.79 Å². The molecule has 1 N–H and O–H groups in total. The second-order valence-corrected chi connectivity index (χ2v) is 7.27. The second kappa shape index (κ2) is 8.49. The Hall–Kier alpha value is -1.59. The third-order valence-electron chi connectivity index (χ3n) is 4.77. The van der Waals surface area contributed by atoms with Gasteiger partial charge in [-0.2, -0.15) is 11.3 Å². The van der Waals surface area contributed by atoms with E-state index in [4.69, 9.17) is 4.42 Å². The van der Waals surface area contributed by atoms with Gasteiger partial charge in [0.2, 0.25) is 5.91 Å². The number of aliphatic hydroxyl groups is 1. The van der Waals surface area contributed by atoms with Crippen molar-refractivity contribution < 1.29 is 14.3 Å². The summed E-state index contributed by atoms with van der Waals surface area (Å²) in [6.07, 6.45) is 7.12. The number of amides is 1. The minimum atomic E-state index is -0.643. The summed E-state index contributed by atoms with van der Waals surface area (Å²) in [5.41, 5.74) is 1.23. The van der Waals surface area contributed by atoms with Gasteiger partial charge in [-0.05, 0) is 53.8 Å². The first-order valence-electron chi connectivity index (χ1n) is 8.76. The summed E-state index contributed by atoms with van der Waals surface area (Å²) >= 11 is 1.67. The lowest BCUT2D eigenvalue weighted by Gasteiger charge is -2.31. The fraction of sp³-hybridized carbons (Fsp3) is 0.526. The monoisotopic (exact) mass is 347 g/mol. The maximum absolute atomic E-state index is 12.7. The molecule has 0 aliphatic carbocycles. The van der Waals surface area contributed by atoms with E-state index in [1.54, 1.807) is 29.7 Å². The molecule has 1 saturated heterocycles. The minimum absolute atomic E-state index is 0.0996. The van der Waals surface area contributed by atoms with E-state index < -0.39 is 6.10 Å². The number of furan rings is 1. The smallest absolute Gasteiger partial charge is 0.223 e. The van der Waals surface area contributed by atoms with E-state index in [2.05, 4.69) is 11.4 Å². The predicted octanol–water partition coefficient (Wildman–Crippen LogP) is 4.17. The topological polar surface area (TPSA) is 53.7 Å². The fourth-order valence-corrected chi connectivity index (χ4v) is 4.14. The SMILES string of the molecule is O=C(CCc1ccsc1)N1CCCCCC1CC(O)c1ccco1. The first-order chi connectivity index (χ1) is 11.7. The summed E-state index contributed by atoms with van der Waals surface area (Å²) in [5.74, 6) is 0.796. The van der Waals surface area contributed by atoms with Gasteiger partial charge < -0.3 is 14.4 Å². The zero-order valence-electron chi connectivity index (χ0n) is 13.9. The number of hydrogen-bond donors (Lipinski definition) is 1. The van der Waals surface area contributed by atoms with Crippen LogP contribution < -0.4 is 0 Å². The molecule has 0 aromatic carbocycles. The molecule has 0 bridgehead atoms. The van der Waals surface area contributed by atoms with Crippen molar-refractivity contribution in [3.63, 3.8) is 0 Å². The molecule has 130 valence electrons. The molecule has 1 amide bonds. The average molecular weight is 347 g/mol. The minimum Gasteiger partial charge on any atom is -0.467 e. The van der Waals surface area contributed by atoms with Gasteiger partial charge in [0.15, 0.2) is 0 Å². The van der Waals surface area contributed by atoms with Crippen molar-refractivity contribution in [2.75, 3.05) is 6.54 Å². The van der Waals surface area contributed by atoms with Crippen LogP contribution in [0.25, 0.3) is 0 Å². The molecule has 2 aromatic heterocycles. The van der Waals surface area contributed by atoms with Crippen LogP contribution in [0.5, 0.6) is 0 Å². The summed E-state index contributed by atoms with van der Waals surface area (Å²) in [5, 5.41) is 14.6. The highest BCUT2D eigenvalue weighted by Crippen LogP contribution is 2.27. The molecule has 24 heavy (non-hydrogen) atoms. The number of rotatable bonds is 6. The largest absolute Gasteiger partial charge is 0.467 e. The number of aliphatic hydroxyl groups excluding tert-OH is 1. The highest BCUT2D eigenvalue weighted by molar-refractivity contribution is 7.07. The maximum Gasteiger partial charge on any atom is 0.223 e. The highest BCUT2D eigenvalue weighted by atomic mass is 32.1. The van der Waals surface area contributed by atoms with Gasteiger partial charge in [0.25, 0.3) is 0 Å². The number of aryl methyl sites for hydroxylation is 1. The molecule has 2 aromatic rings. The van der Waals surface area contributed by atoms with Crippen LogP contribution in [-0.4, -0.2) is 28.5 Å². The first kappa shape index (κ1) is 17.2. The molecule has 1 aliphatic rings. The van der Waals surface area contributed by atoms with Gasteiger partial charge in [-0.1, -0.05) is 12.8 Å². The Kier molecular flexibility index (Phi) is 6.10. The molecule has 1 aliphatic heterocycles. The van der Waals surface area contributed by atoms with Crippen molar-refractivity contribution in [2.45, 2.75) is 57.1 Å². The summed E-state index contributed by atoms with van der Waals surface area (Å²) in [6.45, 7) is 0.804. The van der Waals surface area contributed by atoms with Gasteiger partial charge in [-0.25, -0.2) is 0 Å². The first-order valence-corrected chi connectivity index (χ1v) is 9.70. The van der Waals surface area contributed by atoms with Crippen LogP contribution in [0, 0.1) is 0 Å². The summed E-state index contributed by atoms with van der Waals surface area (Å²) in [7, 11) is 0. The molecule has 3 rings (SSSR count). The second-order valence-electron chi connectivity index (χ2n) is 6.49. The molecule has 0 radical (unpaired) electrons. The van der Waals surface area contributed by atoms with Crippen LogP contribution >= 0.6 is 11.3 Å². The van der Waals surface area contributed by atoms with E-state index in [9.17, 15) is 9.90 Å². The average Bonchev–Trinajstić information content (AvgIpc) is 3.24. The lowest BCUT2D eigenvalue weighted by Crippen LogP contribution is -2.41. The van der Waals surface area contributed by atoms with Gasteiger partial charge in [0.1, 0.15) is 11.9 Å². The lowest BCUT2D eigenvalue weighted by molar-refractivity contribution is -0.134. The molecule has 2 unspecified atom stereocenters. The van der Waals surface area contributed by atoms with E-state index >= 15 is 0 Å². The normalized spacial score (nSPS) is 19.9. The Morgan fingerprint density at radius 2 is 2.29 bits per heavy atom. The number of thiophene rings is 1. The van der Waals surface area contributed by atoms with Crippen molar-refractivity contribution in [3.8, 4) is 0 Å². The Morgan fingerprint density at radius 3 is 3.04 bits per heavy atom. The van der Waals surface area contributed by atoms with Crippen LogP contribution in [0.15, 0.2) is 39.6 Å². The summed E-state index contributed by atoms with van der Waals surface area (Å²) in [4.78, 5) is 14.8. The van der Waals surface area contributed by atoms with E-state index in [0.29, 0.717) is 18.6 Å². The standard InChI is InChI=1S/C19H25NO3S/c21-17(18-6-4-11-23-18)13-16-5-2-1-3-10-20(16)19(22)8-7-15-9-12-24-14-15/h4,6,9,11-12,14,16-17,21H,1-3,5,7-8,10,13H2. The van der Waals surface area contributed by atoms with Crippen LogP contribution in [0.3, 0.4) is 0 Å². The number of hydrogen-bond acceptors (Lipinski definition) is 4. The Morgan fingerprint density at radius 1 is 1.38 bits per heavy atom. The Labute approximate surface area is 147 Å². The molecule has 4 nitrogen and oxygen atoms in total. The van der Waals surface area contributed by atoms with Crippen LogP contribution in [-0.2, 0) is 11.2 Å². The highest BCUT2D eigenvalue weighted by Gasteiger charge is 2.28. The Balaban J connectivity index is 1.61. The quantitative estimate of drug-likeness (QED) is 0.853. The predicted molar refractivity (Wildman–Crippen MR) is 94.9 cm³/mol. The van der Waals surface area contributed by atoms with Crippen molar-refractivity contribution in [2.24, 2.45) is 0 Å². The van der Waals surface area contributed by atoms with Crippen molar-refractivity contribution >= 4 is 17.2 Å². The molecule has 3 heterocycles. The molecule has 2 atom stereocenters. The van der Waals surface area contributed by atoms with E-state index in [1.807, 2.05) is 10.3 Å². The number of carbonyl (C=O) groups excluding carboxylic acids is 1. The van der Waals surface area contributed by atoms with Crippen molar-refractivity contribution in [1.29, 1.82) is 0 Å². The van der Waals surface area contributed by atoms with Crippen LogP contribution in [0.4, 0.5) is 0 Å². The number of likely N-dealkylation sites (tertiary alicyclic amines) is 1. The van der Waals surface area contributed by atoms with Crippen molar-refractivity contribution in [1.82, 2.24) is 4.90 Å². The molecular weight excluding hydrogens is 322 g/mol. The molecule has 5 heteroatoms. The van der Waals surface area contributed by atoms with Gasteiger partial charge >= 0.3 is 0 Å². The van der Waals surface area contributed by atoms with E-state index in [1.165, 1.54) is 5.56 Å². The lowest BCUT2D eigenvalue weighted by atomic mass is 10.0. The van der Waals surface area contributed by atoms with Gasteiger partial charge in [0.05, 0.1) is 6.26 Å². The van der Waals surface area contributed by atoms with Gasteiger partial charge in [-0.15, -0.1) is 0 Å². The zero-order chi connectivity index (χ0) is 16.8. The van der Waals surface area contributed by atoms with Crippen LogP contribution in [0.2, 0.25) is 0 Å². The van der Waals surface area contributed by atoms with Crippen molar-refractivity contribution in [3.05, 3.63) is 46.5 Å². The molecule has 0 spiro atoms. The van der Waals surface area contributed by atoms with Crippen LogP contribution in [0.1, 0.15) is 56.0 Å². The number of nitrogens with zero attached hydrogens (tertiary/aromatic N) is 1. The summed E-state index contributed by atoms with van der Waals surface area (Å²) < 4.78 is 5.31. The third kappa shape index (κ3) is 4.48. The third-order valence-corrected chi connectivity index (χ3v) is 5.50. The van der Waals surface area contributed by atoms with E-state index in [0.717, 1.165) is 38.6 Å². The maximum atomic E-state index is 12.7. The molecular formula is C19H25NO3S. The Bertz CT molecular complexity index is 609.